The highest BCUT2D eigenvalue weighted by molar-refractivity contribution is 7.12. The number of carbonyl (C=O) groups excluding carboxylic acids is 1. The Morgan fingerprint density at radius 3 is 3.00 bits per heavy atom. The molecule has 1 amide bonds. The van der Waals surface area contributed by atoms with Gasteiger partial charge in [-0.2, -0.15) is 15.4 Å². The summed E-state index contributed by atoms with van der Waals surface area (Å²) in [5.41, 5.74) is 3.31. The zero-order chi connectivity index (χ0) is 14.8. The highest BCUT2D eigenvalue weighted by atomic mass is 32.1. The summed E-state index contributed by atoms with van der Waals surface area (Å²) in [6, 6.07) is 2.22. The fourth-order valence-corrected chi connectivity index (χ4v) is 3.88. The number of hydrogen-bond acceptors (Lipinski definition) is 4. The standard InChI is InChI=1S/C15H20N4OS/c1-9-7-11(10(2)21-9)5-6-16-15(20)12-3-4-13-14(8-12)18-19-17-13/h7,12H,3-6,8H2,1-2H3,(H,16,20)(H,17,18,19). The van der Waals surface area contributed by atoms with Crippen LogP contribution in [-0.4, -0.2) is 27.9 Å². The third-order valence-electron chi connectivity index (χ3n) is 4.08. The molecular formula is C15H20N4OS. The van der Waals surface area contributed by atoms with Crippen LogP contribution in [0.1, 0.15) is 33.1 Å². The number of aromatic nitrogens is 3. The van der Waals surface area contributed by atoms with E-state index in [0.29, 0.717) is 13.0 Å². The lowest BCUT2D eigenvalue weighted by atomic mass is 9.89. The average Bonchev–Trinajstić information content (AvgIpc) is 3.04. The van der Waals surface area contributed by atoms with Crippen molar-refractivity contribution in [3.05, 3.63) is 32.8 Å². The Bertz CT molecular complexity index is 646. The Kier molecular flexibility index (Phi) is 4.05. The van der Waals surface area contributed by atoms with Gasteiger partial charge in [-0.25, -0.2) is 0 Å². The summed E-state index contributed by atoms with van der Waals surface area (Å²) in [6.07, 6.45) is 3.31. The average molecular weight is 304 g/mol. The molecule has 0 aromatic carbocycles. The predicted molar refractivity (Wildman–Crippen MR) is 82.4 cm³/mol. The van der Waals surface area contributed by atoms with E-state index in [1.165, 1.54) is 15.3 Å². The van der Waals surface area contributed by atoms with Crippen LogP contribution in [0.25, 0.3) is 0 Å². The van der Waals surface area contributed by atoms with Crippen LogP contribution in [0.4, 0.5) is 0 Å². The summed E-state index contributed by atoms with van der Waals surface area (Å²) in [4.78, 5) is 14.9. The number of aryl methyl sites for hydroxylation is 3. The Hall–Kier alpha value is -1.69. The monoisotopic (exact) mass is 304 g/mol. The maximum absolute atomic E-state index is 12.2. The molecule has 0 bridgehead atoms. The van der Waals surface area contributed by atoms with Crippen molar-refractivity contribution in [3.63, 3.8) is 0 Å². The van der Waals surface area contributed by atoms with Gasteiger partial charge in [0.1, 0.15) is 0 Å². The number of fused-ring (bicyclic) bond motifs is 1. The summed E-state index contributed by atoms with van der Waals surface area (Å²) < 4.78 is 0. The van der Waals surface area contributed by atoms with Crippen molar-refractivity contribution in [2.45, 2.75) is 39.5 Å². The van der Waals surface area contributed by atoms with E-state index in [1.807, 2.05) is 11.3 Å². The van der Waals surface area contributed by atoms with Crippen LogP contribution in [0, 0.1) is 19.8 Å². The minimum absolute atomic E-state index is 0.0351. The first-order valence-electron chi connectivity index (χ1n) is 7.35. The molecule has 0 aliphatic heterocycles. The maximum atomic E-state index is 12.2. The number of thiophene rings is 1. The zero-order valence-electron chi connectivity index (χ0n) is 12.4. The Morgan fingerprint density at radius 2 is 2.24 bits per heavy atom. The van der Waals surface area contributed by atoms with Gasteiger partial charge in [0, 0.05) is 28.6 Å². The minimum atomic E-state index is 0.0351. The number of nitrogens with one attached hydrogen (secondary N) is 2. The van der Waals surface area contributed by atoms with E-state index >= 15 is 0 Å². The van der Waals surface area contributed by atoms with Crippen LogP contribution in [0.5, 0.6) is 0 Å². The van der Waals surface area contributed by atoms with Crippen molar-refractivity contribution in [2.24, 2.45) is 5.92 Å². The predicted octanol–water partition coefficient (Wildman–Crippen LogP) is 1.95. The molecule has 21 heavy (non-hydrogen) atoms. The lowest BCUT2D eigenvalue weighted by Gasteiger charge is -2.19. The maximum Gasteiger partial charge on any atom is 0.223 e. The van der Waals surface area contributed by atoms with Gasteiger partial charge in [-0.15, -0.1) is 11.3 Å². The van der Waals surface area contributed by atoms with Crippen LogP contribution in [0.15, 0.2) is 6.07 Å². The van der Waals surface area contributed by atoms with E-state index in [1.54, 1.807) is 0 Å². The Balaban J connectivity index is 1.50. The van der Waals surface area contributed by atoms with Crippen molar-refractivity contribution in [1.29, 1.82) is 0 Å². The van der Waals surface area contributed by atoms with E-state index in [2.05, 4.69) is 40.6 Å². The Morgan fingerprint density at radius 1 is 1.43 bits per heavy atom. The molecule has 2 N–H and O–H groups in total. The second-order valence-corrected chi connectivity index (χ2v) is 7.10. The largest absolute Gasteiger partial charge is 0.356 e. The summed E-state index contributed by atoms with van der Waals surface area (Å²) in [5, 5.41) is 13.9. The molecule has 1 atom stereocenters. The van der Waals surface area contributed by atoms with Gasteiger partial charge in [-0.3, -0.25) is 4.79 Å². The van der Waals surface area contributed by atoms with Gasteiger partial charge < -0.3 is 5.32 Å². The first-order chi connectivity index (χ1) is 10.1. The van der Waals surface area contributed by atoms with Crippen molar-refractivity contribution in [2.75, 3.05) is 6.54 Å². The second-order valence-electron chi connectivity index (χ2n) is 5.64. The smallest absolute Gasteiger partial charge is 0.223 e. The van der Waals surface area contributed by atoms with Gasteiger partial charge in [0.2, 0.25) is 5.91 Å². The van der Waals surface area contributed by atoms with Gasteiger partial charge in [0.25, 0.3) is 0 Å². The molecule has 1 aliphatic carbocycles. The second kappa shape index (κ2) is 5.97. The first kappa shape index (κ1) is 14.3. The van der Waals surface area contributed by atoms with E-state index in [-0.39, 0.29) is 11.8 Å². The third-order valence-corrected chi connectivity index (χ3v) is 5.09. The van der Waals surface area contributed by atoms with Crippen molar-refractivity contribution >= 4 is 17.2 Å². The van der Waals surface area contributed by atoms with Gasteiger partial charge in [0.05, 0.1) is 11.4 Å². The lowest BCUT2D eigenvalue weighted by molar-refractivity contribution is -0.125. The van der Waals surface area contributed by atoms with Crippen molar-refractivity contribution in [3.8, 4) is 0 Å². The molecule has 0 spiro atoms. The van der Waals surface area contributed by atoms with E-state index in [0.717, 1.165) is 30.7 Å². The zero-order valence-corrected chi connectivity index (χ0v) is 13.2. The Labute approximate surface area is 128 Å². The van der Waals surface area contributed by atoms with Gasteiger partial charge in [0.15, 0.2) is 0 Å². The number of hydrogen-bond donors (Lipinski definition) is 2. The van der Waals surface area contributed by atoms with Crippen LogP contribution in [0.3, 0.4) is 0 Å². The molecule has 0 fully saturated rings. The fraction of sp³-hybridized carbons (Fsp3) is 0.533. The summed E-state index contributed by atoms with van der Waals surface area (Å²) in [7, 11) is 0. The molecule has 0 radical (unpaired) electrons. The van der Waals surface area contributed by atoms with E-state index < -0.39 is 0 Å². The number of nitrogens with zero attached hydrogens (tertiary/aromatic N) is 2. The molecule has 1 aliphatic rings. The first-order valence-corrected chi connectivity index (χ1v) is 8.17. The number of carbonyl (C=O) groups is 1. The normalized spacial score (nSPS) is 17.5. The molecule has 0 saturated carbocycles. The molecule has 2 heterocycles. The molecule has 1 unspecified atom stereocenters. The number of aromatic amines is 1. The number of rotatable bonds is 4. The highest BCUT2D eigenvalue weighted by Crippen LogP contribution is 2.23. The van der Waals surface area contributed by atoms with E-state index in [4.69, 9.17) is 0 Å². The molecule has 6 heteroatoms. The van der Waals surface area contributed by atoms with Crippen LogP contribution >= 0.6 is 11.3 Å². The molecule has 3 rings (SSSR count). The molecule has 5 nitrogen and oxygen atoms in total. The highest BCUT2D eigenvalue weighted by Gasteiger charge is 2.26. The summed E-state index contributed by atoms with van der Waals surface area (Å²) >= 11 is 1.82. The van der Waals surface area contributed by atoms with Crippen LogP contribution in [0.2, 0.25) is 0 Å². The lowest BCUT2D eigenvalue weighted by Crippen LogP contribution is -2.35. The van der Waals surface area contributed by atoms with Gasteiger partial charge >= 0.3 is 0 Å². The van der Waals surface area contributed by atoms with Crippen molar-refractivity contribution < 1.29 is 4.79 Å². The molecule has 112 valence electrons. The van der Waals surface area contributed by atoms with E-state index in [9.17, 15) is 4.79 Å². The minimum Gasteiger partial charge on any atom is -0.356 e. The summed E-state index contributed by atoms with van der Waals surface area (Å²) in [6.45, 7) is 4.97. The molecule has 0 saturated heterocycles. The van der Waals surface area contributed by atoms with Crippen LogP contribution < -0.4 is 5.32 Å². The SMILES string of the molecule is Cc1cc(CCNC(=O)C2CCc3n[nH]nc3C2)c(C)s1. The summed E-state index contributed by atoms with van der Waals surface area (Å²) in [5.74, 6) is 0.182. The van der Waals surface area contributed by atoms with Crippen LogP contribution in [-0.2, 0) is 24.1 Å². The number of amides is 1. The molecule has 2 aromatic rings. The van der Waals surface area contributed by atoms with Gasteiger partial charge in [-0.1, -0.05) is 0 Å². The van der Waals surface area contributed by atoms with Gasteiger partial charge in [-0.05, 0) is 44.7 Å². The quantitative estimate of drug-likeness (QED) is 0.907. The third kappa shape index (κ3) is 3.15. The van der Waals surface area contributed by atoms with Crippen molar-refractivity contribution in [1.82, 2.24) is 20.7 Å². The molecular weight excluding hydrogens is 284 g/mol. The fourth-order valence-electron chi connectivity index (χ4n) is 2.91. The number of H-pyrrole nitrogens is 1. The topological polar surface area (TPSA) is 70.7 Å². The molecule has 2 aromatic heterocycles.